The minimum Gasteiger partial charge on any atom is -0.482 e. The van der Waals surface area contributed by atoms with E-state index in [-0.39, 0.29) is 23.0 Å². The van der Waals surface area contributed by atoms with E-state index < -0.39 is 15.9 Å². The van der Waals surface area contributed by atoms with Gasteiger partial charge in [-0.05, 0) is 109 Å². The van der Waals surface area contributed by atoms with E-state index in [1.807, 2.05) is 103 Å². The van der Waals surface area contributed by atoms with Gasteiger partial charge in [0, 0.05) is 22.8 Å². The number of carbonyl (C=O) groups is 2. The number of benzene rings is 7. The Morgan fingerprint density at radius 3 is 1.50 bits per heavy atom. The molecule has 8 heteroatoms. The fourth-order valence-corrected chi connectivity index (χ4v) is 7.80. The molecule has 0 saturated carbocycles. The summed E-state index contributed by atoms with van der Waals surface area (Å²) in [5.74, 6) is 0.215. The molecule has 0 fully saturated rings. The molecule has 0 amide bonds. The van der Waals surface area contributed by atoms with Crippen molar-refractivity contribution in [1.82, 2.24) is 0 Å². The summed E-state index contributed by atoms with van der Waals surface area (Å²) in [6.07, 6.45) is 0. The van der Waals surface area contributed by atoms with Crippen molar-refractivity contribution in [2.45, 2.75) is 12.0 Å². The predicted octanol–water partition coefficient (Wildman–Crippen LogP) is 11.6. The number of ether oxygens (including phenoxy) is 1. The van der Waals surface area contributed by atoms with E-state index in [1.165, 1.54) is 0 Å². The Balaban J connectivity index is 1.33. The molecule has 0 aliphatic heterocycles. The van der Waals surface area contributed by atoms with Crippen LogP contribution in [0.4, 0.5) is 5.69 Å². The molecule has 262 valence electrons. The minimum atomic E-state index is -0.896. The molecule has 0 N–H and O–H groups in total. The first-order valence-corrected chi connectivity index (χ1v) is 17.9. The zero-order valence-electron chi connectivity index (χ0n) is 28.5. The summed E-state index contributed by atoms with van der Waals surface area (Å²) < 4.78 is 6.45. The lowest BCUT2D eigenvalue weighted by molar-refractivity contribution is -0.385. The summed E-state index contributed by atoms with van der Waals surface area (Å²) in [6.45, 7) is 0.152. The van der Waals surface area contributed by atoms with E-state index in [2.05, 4.69) is 30.3 Å². The fourth-order valence-electron chi connectivity index (χ4n) is 7.55. The van der Waals surface area contributed by atoms with Crippen LogP contribution in [0.3, 0.4) is 0 Å². The first-order valence-electron chi connectivity index (χ1n) is 17.2. The number of hydrogen-bond donors (Lipinski definition) is 0. The van der Waals surface area contributed by atoms with Crippen LogP contribution in [0, 0.1) is 10.1 Å². The maximum Gasteiger partial charge on any atom is 0.311 e. The summed E-state index contributed by atoms with van der Waals surface area (Å²) in [5, 5.41) is 11.5. The Hall–Kier alpha value is -6.34. The van der Waals surface area contributed by atoms with Gasteiger partial charge in [-0.3, -0.25) is 19.7 Å². The SMILES string of the molecule is O=C(Cl)c1ccc(-c2ccc(C3(c4ccc(-c5ccc(C(=O)Cl)cc5)cc4)c4ccccc4-c4c3ccc([N+](=O)[O-])c4OCc3ccccc3)cc2)cc1. The summed E-state index contributed by atoms with van der Waals surface area (Å²) >= 11 is 11.4. The summed E-state index contributed by atoms with van der Waals surface area (Å²) in [6, 6.07) is 51.8. The standard InChI is InChI=1S/C46H29Cl2NO5/c47-44(50)34-14-10-30(11-15-34)32-18-22-36(23-19-32)46(37-24-20-33(21-25-37)31-12-16-35(17-13-31)45(48)51)39-9-5-4-8-38(39)42-40(46)26-27-41(49(52)53)43(42)54-28-29-6-2-1-3-7-29/h1-27H,28H2. The topological polar surface area (TPSA) is 86.5 Å². The molecule has 1 aliphatic rings. The van der Waals surface area contributed by atoms with Crippen LogP contribution in [-0.4, -0.2) is 15.4 Å². The van der Waals surface area contributed by atoms with E-state index in [9.17, 15) is 19.7 Å². The predicted molar refractivity (Wildman–Crippen MR) is 212 cm³/mol. The molecule has 0 bridgehead atoms. The highest BCUT2D eigenvalue weighted by Crippen LogP contribution is 2.60. The molecule has 0 aromatic heterocycles. The Bertz CT molecular complexity index is 2450. The summed E-state index contributed by atoms with van der Waals surface area (Å²) in [5.41, 5.74) is 9.67. The molecule has 0 atom stereocenters. The van der Waals surface area contributed by atoms with Crippen molar-refractivity contribution < 1.29 is 19.2 Å². The van der Waals surface area contributed by atoms with E-state index in [0.717, 1.165) is 55.6 Å². The van der Waals surface area contributed by atoms with E-state index >= 15 is 0 Å². The van der Waals surface area contributed by atoms with Gasteiger partial charge >= 0.3 is 5.69 Å². The second kappa shape index (κ2) is 14.2. The lowest BCUT2D eigenvalue weighted by atomic mass is 9.67. The van der Waals surface area contributed by atoms with Crippen molar-refractivity contribution in [2.75, 3.05) is 0 Å². The highest BCUT2D eigenvalue weighted by atomic mass is 35.5. The van der Waals surface area contributed by atoms with E-state index in [1.54, 1.807) is 30.3 Å². The highest BCUT2D eigenvalue weighted by molar-refractivity contribution is 6.68. The second-order valence-electron chi connectivity index (χ2n) is 13.0. The van der Waals surface area contributed by atoms with Crippen LogP contribution in [0.5, 0.6) is 5.75 Å². The molecule has 0 saturated heterocycles. The number of nitrogens with zero attached hydrogens (tertiary/aromatic N) is 1. The lowest BCUT2D eigenvalue weighted by Crippen LogP contribution is -2.28. The third-order valence-electron chi connectivity index (χ3n) is 10.1. The monoisotopic (exact) mass is 745 g/mol. The van der Waals surface area contributed by atoms with Gasteiger partial charge in [0.1, 0.15) is 6.61 Å². The molecule has 0 heterocycles. The van der Waals surface area contributed by atoms with Crippen LogP contribution < -0.4 is 4.74 Å². The first kappa shape index (κ1) is 34.7. The van der Waals surface area contributed by atoms with Gasteiger partial charge in [-0.2, -0.15) is 0 Å². The average Bonchev–Trinajstić information content (AvgIpc) is 3.51. The van der Waals surface area contributed by atoms with Crippen molar-refractivity contribution in [3.8, 4) is 39.1 Å². The number of carbonyl (C=O) groups excluding carboxylic acids is 2. The van der Waals surface area contributed by atoms with Crippen molar-refractivity contribution in [1.29, 1.82) is 0 Å². The molecular weight excluding hydrogens is 717 g/mol. The molecule has 7 aromatic rings. The van der Waals surface area contributed by atoms with Crippen LogP contribution in [0.15, 0.2) is 164 Å². The van der Waals surface area contributed by atoms with Crippen LogP contribution >= 0.6 is 23.2 Å². The zero-order chi connectivity index (χ0) is 37.4. The van der Waals surface area contributed by atoms with Gasteiger partial charge in [0.15, 0.2) is 0 Å². The van der Waals surface area contributed by atoms with Crippen molar-refractivity contribution in [2.24, 2.45) is 0 Å². The van der Waals surface area contributed by atoms with Crippen molar-refractivity contribution in [3.63, 3.8) is 0 Å². The van der Waals surface area contributed by atoms with E-state index in [0.29, 0.717) is 16.7 Å². The molecule has 0 spiro atoms. The maximum atomic E-state index is 12.6. The van der Waals surface area contributed by atoms with Gasteiger partial charge in [-0.15, -0.1) is 0 Å². The van der Waals surface area contributed by atoms with Crippen LogP contribution in [-0.2, 0) is 12.0 Å². The molecule has 54 heavy (non-hydrogen) atoms. The van der Waals surface area contributed by atoms with Gasteiger partial charge in [0.25, 0.3) is 10.5 Å². The van der Waals surface area contributed by atoms with Gasteiger partial charge < -0.3 is 4.74 Å². The Kier molecular flexibility index (Phi) is 9.16. The molecule has 1 aliphatic carbocycles. The minimum absolute atomic E-state index is 0.112. The van der Waals surface area contributed by atoms with Gasteiger partial charge in [-0.25, -0.2) is 0 Å². The first-order chi connectivity index (χ1) is 26.3. The molecule has 6 nitrogen and oxygen atoms in total. The van der Waals surface area contributed by atoms with Gasteiger partial charge in [0.05, 0.1) is 10.3 Å². The third-order valence-corrected chi connectivity index (χ3v) is 10.5. The zero-order valence-corrected chi connectivity index (χ0v) is 30.1. The largest absolute Gasteiger partial charge is 0.482 e. The molecule has 8 rings (SSSR count). The van der Waals surface area contributed by atoms with E-state index in [4.69, 9.17) is 27.9 Å². The Labute approximate surface area is 321 Å². The number of hydrogen-bond acceptors (Lipinski definition) is 5. The van der Waals surface area contributed by atoms with Gasteiger partial charge in [-0.1, -0.05) is 127 Å². The lowest BCUT2D eigenvalue weighted by Gasteiger charge is -2.34. The number of fused-ring (bicyclic) bond motifs is 3. The molecule has 7 aromatic carbocycles. The maximum absolute atomic E-state index is 12.6. The smallest absolute Gasteiger partial charge is 0.311 e. The quantitative estimate of drug-likeness (QED) is 0.0790. The summed E-state index contributed by atoms with van der Waals surface area (Å²) in [7, 11) is 0. The van der Waals surface area contributed by atoms with Crippen LogP contribution in [0.1, 0.15) is 48.5 Å². The average molecular weight is 747 g/mol. The Morgan fingerprint density at radius 1 is 0.556 bits per heavy atom. The normalized spacial score (nSPS) is 12.4. The summed E-state index contributed by atoms with van der Waals surface area (Å²) in [4.78, 5) is 35.6. The highest BCUT2D eigenvalue weighted by Gasteiger charge is 2.48. The van der Waals surface area contributed by atoms with Crippen molar-refractivity contribution >= 4 is 39.4 Å². The van der Waals surface area contributed by atoms with Crippen molar-refractivity contribution in [3.05, 3.63) is 213 Å². The Morgan fingerprint density at radius 2 is 1.02 bits per heavy atom. The molecule has 0 radical (unpaired) electrons. The van der Waals surface area contributed by atoms with Gasteiger partial charge in [0.2, 0.25) is 5.75 Å². The number of nitro groups is 1. The molecule has 0 unspecified atom stereocenters. The molecular formula is C46H29Cl2NO5. The fraction of sp³-hybridized carbons (Fsp3) is 0.0435. The third kappa shape index (κ3) is 6.05. The number of halogens is 2. The number of rotatable bonds is 10. The van der Waals surface area contributed by atoms with Crippen LogP contribution in [0.25, 0.3) is 33.4 Å². The van der Waals surface area contributed by atoms with Crippen LogP contribution in [0.2, 0.25) is 0 Å². The second-order valence-corrected chi connectivity index (χ2v) is 13.7. The number of nitro benzene ring substituents is 1.